The van der Waals surface area contributed by atoms with Gasteiger partial charge in [0.25, 0.3) is 0 Å². The molecule has 19 heteroatoms. The maximum Gasteiger partial charge on any atom is 0.472 e. The topological polar surface area (TPSA) is 237 Å². The van der Waals surface area contributed by atoms with Crippen LogP contribution in [0.25, 0.3) is 0 Å². The van der Waals surface area contributed by atoms with Crippen molar-refractivity contribution in [2.45, 2.75) is 363 Å². The number of rotatable bonds is 67. The summed E-state index contributed by atoms with van der Waals surface area (Å²) in [5, 5.41) is 10.6. The van der Waals surface area contributed by atoms with E-state index in [2.05, 4.69) is 55.4 Å². The number of hydrogen-bond donors (Lipinski definition) is 3. The van der Waals surface area contributed by atoms with Gasteiger partial charge >= 0.3 is 39.5 Å². The standard InChI is InChI=1S/C70H136O17P2/c1-9-62(7)48-40-32-24-17-15-13-11-12-14-16-18-26-36-44-52-69(74)86-65(56-80-67(72)50-42-34-25-20-19-22-30-38-46-60(3)4)58-84-88(76,77)82-54-64(71)55-83-89(78,79)85-59-66(87-70(75)53-45-37-29-28-33-41-49-63(8)10-2)57-81-68(73)51-43-35-27-21-23-31-39-47-61(5)6/h60-66,71H,9-59H2,1-8H3,(H,76,77)(H,78,79)/t62?,63?,64?,65-,66-/m1/s1. The van der Waals surface area contributed by atoms with Gasteiger partial charge in [-0.1, -0.05) is 293 Å². The molecule has 528 valence electrons. The van der Waals surface area contributed by atoms with Gasteiger partial charge in [0.15, 0.2) is 12.2 Å². The van der Waals surface area contributed by atoms with E-state index in [0.717, 1.165) is 114 Å². The molecule has 0 aliphatic carbocycles. The Kier molecular flexibility index (Phi) is 58.5. The van der Waals surface area contributed by atoms with Gasteiger partial charge in [0, 0.05) is 25.7 Å². The van der Waals surface area contributed by atoms with E-state index < -0.39 is 97.5 Å². The van der Waals surface area contributed by atoms with Gasteiger partial charge in [0.1, 0.15) is 19.3 Å². The fourth-order valence-corrected chi connectivity index (χ4v) is 12.0. The van der Waals surface area contributed by atoms with Crippen LogP contribution in [0, 0.1) is 23.7 Å². The minimum atomic E-state index is -4.95. The normalized spacial score (nSPS) is 14.9. The molecule has 0 saturated carbocycles. The molecule has 0 fully saturated rings. The van der Waals surface area contributed by atoms with Gasteiger partial charge < -0.3 is 33.8 Å². The Labute approximate surface area is 543 Å². The molecule has 0 saturated heterocycles. The van der Waals surface area contributed by atoms with Crippen molar-refractivity contribution >= 4 is 39.5 Å². The number of phosphoric ester groups is 2. The summed E-state index contributed by atoms with van der Waals surface area (Å²) in [6, 6.07) is 0. The first-order valence-corrected chi connectivity index (χ1v) is 39.3. The largest absolute Gasteiger partial charge is 0.472 e. The summed E-state index contributed by atoms with van der Waals surface area (Å²) in [6.45, 7) is 14.1. The fraction of sp³-hybridized carbons (Fsp3) is 0.943. The van der Waals surface area contributed by atoms with E-state index in [1.165, 1.54) is 141 Å². The van der Waals surface area contributed by atoms with Gasteiger partial charge in [-0.05, 0) is 49.4 Å². The maximum atomic E-state index is 13.0. The lowest BCUT2D eigenvalue weighted by molar-refractivity contribution is -0.161. The van der Waals surface area contributed by atoms with E-state index in [1.807, 2.05) is 0 Å². The number of aliphatic hydroxyl groups is 1. The quantitative estimate of drug-likeness (QED) is 0.0222. The highest BCUT2D eigenvalue weighted by Crippen LogP contribution is 2.45. The molecule has 5 unspecified atom stereocenters. The van der Waals surface area contributed by atoms with Crippen LogP contribution < -0.4 is 0 Å². The Balaban J connectivity index is 5.23. The molecule has 7 atom stereocenters. The second-order valence-electron chi connectivity index (χ2n) is 26.7. The molecule has 0 aliphatic rings. The Morgan fingerprint density at radius 3 is 0.798 bits per heavy atom. The molecular formula is C70H136O17P2. The highest BCUT2D eigenvalue weighted by molar-refractivity contribution is 7.47. The Hall–Kier alpha value is -1.94. The van der Waals surface area contributed by atoms with E-state index in [9.17, 15) is 43.2 Å². The van der Waals surface area contributed by atoms with Crippen molar-refractivity contribution in [1.82, 2.24) is 0 Å². The summed E-state index contributed by atoms with van der Waals surface area (Å²) in [6.07, 6.45) is 41.8. The fourth-order valence-electron chi connectivity index (χ4n) is 10.4. The molecule has 89 heavy (non-hydrogen) atoms. The summed E-state index contributed by atoms with van der Waals surface area (Å²) >= 11 is 0. The lowest BCUT2D eigenvalue weighted by atomic mass is 9.99. The van der Waals surface area contributed by atoms with Gasteiger partial charge in [-0.3, -0.25) is 37.3 Å². The van der Waals surface area contributed by atoms with Gasteiger partial charge in [-0.15, -0.1) is 0 Å². The average Bonchev–Trinajstić information content (AvgIpc) is 3.71. The van der Waals surface area contributed by atoms with Gasteiger partial charge in [-0.2, -0.15) is 0 Å². The van der Waals surface area contributed by atoms with Crippen LogP contribution in [0.5, 0.6) is 0 Å². The Bertz CT molecular complexity index is 1770. The molecule has 17 nitrogen and oxygen atoms in total. The molecule has 0 aromatic heterocycles. The van der Waals surface area contributed by atoms with Gasteiger partial charge in [-0.25, -0.2) is 9.13 Å². The third-order valence-electron chi connectivity index (χ3n) is 16.8. The summed E-state index contributed by atoms with van der Waals surface area (Å²) in [5.41, 5.74) is 0. The average molecular weight is 1310 g/mol. The van der Waals surface area contributed by atoms with Crippen LogP contribution in [0.1, 0.15) is 344 Å². The molecule has 0 aromatic carbocycles. The predicted molar refractivity (Wildman–Crippen MR) is 358 cm³/mol. The minimum absolute atomic E-state index is 0.102. The smallest absolute Gasteiger partial charge is 0.462 e. The second-order valence-corrected chi connectivity index (χ2v) is 29.6. The number of carbonyl (C=O) groups is 4. The van der Waals surface area contributed by atoms with Crippen LogP contribution in [-0.4, -0.2) is 96.7 Å². The molecule has 0 rings (SSSR count). The van der Waals surface area contributed by atoms with Crippen molar-refractivity contribution in [2.24, 2.45) is 23.7 Å². The van der Waals surface area contributed by atoms with Crippen molar-refractivity contribution < 1.29 is 80.2 Å². The Morgan fingerprint density at radius 2 is 0.539 bits per heavy atom. The number of hydrogen-bond acceptors (Lipinski definition) is 15. The van der Waals surface area contributed by atoms with Gasteiger partial charge in [0.2, 0.25) is 0 Å². The van der Waals surface area contributed by atoms with E-state index in [-0.39, 0.29) is 25.7 Å². The van der Waals surface area contributed by atoms with Crippen LogP contribution >= 0.6 is 15.6 Å². The monoisotopic (exact) mass is 1310 g/mol. The highest BCUT2D eigenvalue weighted by Gasteiger charge is 2.30. The van der Waals surface area contributed by atoms with E-state index in [4.69, 9.17) is 37.0 Å². The van der Waals surface area contributed by atoms with Crippen LogP contribution in [0.15, 0.2) is 0 Å². The molecule has 0 aliphatic heterocycles. The molecule has 0 radical (unpaired) electrons. The first kappa shape index (κ1) is 87.1. The summed E-state index contributed by atoms with van der Waals surface area (Å²) in [7, 11) is -9.90. The molecule has 0 heterocycles. The summed E-state index contributed by atoms with van der Waals surface area (Å²) < 4.78 is 68.2. The van der Waals surface area contributed by atoms with E-state index in [0.29, 0.717) is 31.6 Å². The van der Waals surface area contributed by atoms with Crippen LogP contribution in [0.2, 0.25) is 0 Å². The molecule has 0 aromatic rings. The third kappa shape index (κ3) is 62.0. The first-order chi connectivity index (χ1) is 42.7. The van der Waals surface area contributed by atoms with Crippen molar-refractivity contribution in [3.8, 4) is 0 Å². The molecule has 0 amide bonds. The van der Waals surface area contributed by atoms with Crippen LogP contribution in [0.3, 0.4) is 0 Å². The minimum Gasteiger partial charge on any atom is -0.462 e. The second kappa shape index (κ2) is 59.8. The molecule has 0 spiro atoms. The first-order valence-electron chi connectivity index (χ1n) is 36.3. The molecule has 0 bridgehead atoms. The predicted octanol–water partition coefficient (Wildman–Crippen LogP) is 19.7. The SMILES string of the molecule is CCC(C)CCCCCCCCCCCCCCCCC(=O)O[C@H](COC(=O)CCCCCCCCCCC(C)C)COP(=O)(O)OCC(O)COP(=O)(O)OC[C@@H](COC(=O)CCCCCCCCCC(C)C)OC(=O)CCCCCCCCC(C)CC. The van der Waals surface area contributed by atoms with E-state index >= 15 is 0 Å². The molecular weight excluding hydrogens is 1170 g/mol. The highest BCUT2D eigenvalue weighted by atomic mass is 31.2. The van der Waals surface area contributed by atoms with Crippen molar-refractivity contribution in [2.75, 3.05) is 39.6 Å². The lowest BCUT2D eigenvalue weighted by Gasteiger charge is -2.21. The van der Waals surface area contributed by atoms with Crippen molar-refractivity contribution in [3.63, 3.8) is 0 Å². The zero-order valence-electron chi connectivity index (χ0n) is 58.1. The summed E-state index contributed by atoms with van der Waals surface area (Å²) in [5.74, 6) is 0.864. The Morgan fingerprint density at radius 1 is 0.315 bits per heavy atom. The summed E-state index contributed by atoms with van der Waals surface area (Å²) in [4.78, 5) is 72.5. The lowest BCUT2D eigenvalue weighted by Crippen LogP contribution is -2.30. The maximum absolute atomic E-state index is 13.0. The number of ether oxygens (including phenoxy) is 4. The van der Waals surface area contributed by atoms with Crippen molar-refractivity contribution in [3.05, 3.63) is 0 Å². The molecule has 3 N–H and O–H groups in total. The van der Waals surface area contributed by atoms with Gasteiger partial charge in [0.05, 0.1) is 26.4 Å². The van der Waals surface area contributed by atoms with E-state index in [1.54, 1.807) is 0 Å². The van der Waals surface area contributed by atoms with Crippen LogP contribution in [-0.2, 0) is 65.4 Å². The van der Waals surface area contributed by atoms with Crippen molar-refractivity contribution in [1.29, 1.82) is 0 Å². The zero-order valence-corrected chi connectivity index (χ0v) is 59.8. The number of unbranched alkanes of at least 4 members (excludes halogenated alkanes) is 31. The number of esters is 4. The number of carbonyl (C=O) groups excluding carboxylic acids is 4. The number of aliphatic hydroxyl groups excluding tert-OH is 1. The third-order valence-corrected chi connectivity index (χ3v) is 18.7. The zero-order chi connectivity index (χ0) is 66.1. The van der Waals surface area contributed by atoms with Crippen LogP contribution in [0.4, 0.5) is 0 Å². The number of phosphoric acid groups is 2.